The first-order valence-corrected chi connectivity index (χ1v) is 7.30. The van der Waals surface area contributed by atoms with E-state index in [0.717, 1.165) is 32.4 Å². The quantitative estimate of drug-likeness (QED) is 0.879. The van der Waals surface area contributed by atoms with Gasteiger partial charge in [0.1, 0.15) is 0 Å². The van der Waals surface area contributed by atoms with E-state index < -0.39 is 5.60 Å². The molecule has 0 bridgehead atoms. The number of aliphatic hydroxyl groups is 1. The molecule has 0 aromatic carbocycles. The normalized spacial score (nSPS) is 24.8. The highest BCUT2D eigenvalue weighted by molar-refractivity contribution is 5.24. The van der Waals surface area contributed by atoms with Crippen molar-refractivity contribution < 1.29 is 9.52 Å². The molecule has 1 aromatic heterocycles. The molecule has 1 atom stereocenters. The zero-order valence-electron chi connectivity index (χ0n) is 12.9. The number of nitrogens with zero attached hydrogens (tertiary/aromatic N) is 3. The summed E-state index contributed by atoms with van der Waals surface area (Å²) in [6.45, 7) is 10.4. The first kappa shape index (κ1) is 15.3. The molecule has 1 unspecified atom stereocenters. The minimum Gasteiger partial charge on any atom is -0.407 e. The fraction of sp³-hybridized carbons (Fsp3) is 0.857. The lowest BCUT2D eigenvalue weighted by Gasteiger charge is -2.21. The molecule has 1 aliphatic heterocycles. The van der Waals surface area contributed by atoms with Crippen molar-refractivity contribution in [2.24, 2.45) is 0 Å². The Balaban J connectivity index is 1.95. The minimum absolute atomic E-state index is 0.0237. The Kier molecular flexibility index (Phi) is 4.34. The van der Waals surface area contributed by atoms with Gasteiger partial charge in [-0.3, -0.25) is 0 Å². The summed E-state index contributed by atoms with van der Waals surface area (Å²) in [4.78, 5) is 2.06. The maximum absolute atomic E-state index is 10.1. The molecule has 1 saturated heterocycles. The minimum atomic E-state index is -0.578. The summed E-state index contributed by atoms with van der Waals surface area (Å²) in [6.07, 6.45) is 2.48. The van der Waals surface area contributed by atoms with E-state index in [2.05, 4.69) is 41.2 Å². The van der Waals surface area contributed by atoms with Gasteiger partial charge in [-0.2, -0.15) is 0 Å². The fourth-order valence-corrected chi connectivity index (χ4v) is 2.24. The molecule has 1 fully saturated rings. The van der Waals surface area contributed by atoms with Gasteiger partial charge in [-0.15, -0.1) is 5.10 Å². The monoisotopic (exact) mass is 282 g/mol. The van der Waals surface area contributed by atoms with Crippen molar-refractivity contribution in [1.82, 2.24) is 15.5 Å². The highest BCUT2D eigenvalue weighted by atomic mass is 16.4. The van der Waals surface area contributed by atoms with Gasteiger partial charge >= 0.3 is 6.01 Å². The maximum atomic E-state index is 10.1. The Labute approximate surface area is 120 Å². The van der Waals surface area contributed by atoms with Crippen LogP contribution in [0.5, 0.6) is 0 Å². The van der Waals surface area contributed by atoms with Crippen LogP contribution in [0, 0.1) is 0 Å². The molecule has 2 heterocycles. The Bertz CT molecular complexity index is 437. The van der Waals surface area contributed by atoms with E-state index in [-0.39, 0.29) is 5.54 Å². The van der Waals surface area contributed by atoms with Gasteiger partial charge in [0.2, 0.25) is 5.89 Å². The van der Waals surface area contributed by atoms with Crippen LogP contribution in [0.3, 0.4) is 0 Å². The summed E-state index contributed by atoms with van der Waals surface area (Å²) in [5.41, 5.74) is -0.554. The summed E-state index contributed by atoms with van der Waals surface area (Å²) >= 11 is 0. The fourth-order valence-electron chi connectivity index (χ4n) is 2.24. The van der Waals surface area contributed by atoms with E-state index in [1.54, 1.807) is 0 Å². The van der Waals surface area contributed by atoms with Gasteiger partial charge in [0.05, 0.1) is 12.1 Å². The highest BCUT2D eigenvalue weighted by Gasteiger charge is 2.27. The second kappa shape index (κ2) is 5.69. The van der Waals surface area contributed by atoms with Gasteiger partial charge in [-0.1, -0.05) is 5.10 Å². The maximum Gasteiger partial charge on any atom is 0.318 e. The first-order chi connectivity index (χ1) is 9.25. The van der Waals surface area contributed by atoms with Gasteiger partial charge in [0, 0.05) is 18.6 Å². The third-order valence-electron chi connectivity index (χ3n) is 3.56. The van der Waals surface area contributed by atoms with Crippen LogP contribution in [0.4, 0.5) is 6.01 Å². The van der Waals surface area contributed by atoms with Crippen molar-refractivity contribution in [2.75, 3.05) is 18.0 Å². The second-order valence-corrected chi connectivity index (χ2v) is 6.92. The van der Waals surface area contributed by atoms with Gasteiger partial charge < -0.3 is 19.7 Å². The zero-order valence-corrected chi connectivity index (χ0v) is 12.9. The predicted octanol–water partition coefficient (Wildman–Crippen LogP) is 1.70. The Morgan fingerprint density at radius 3 is 2.75 bits per heavy atom. The zero-order chi connectivity index (χ0) is 14.8. The van der Waals surface area contributed by atoms with Crippen LogP contribution in [-0.4, -0.2) is 39.5 Å². The van der Waals surface area contributed by atoms with Crippen molar-refractivity contribution >= 4 is 6.01 Å². The highest BCUT2D eigenvalue weighted by Crippen LogP contribution is 2.24. The standard InChI is InChI=1S/C14H26N4O2/c1-13(2,3)15-10-11-16-17-12(20-11)18-8-5-6-14(4,19)7-9-18/h15,19H,5-10H2,1-4H3. The number of anilines is 1. The van der Waals surface area contributed by atoms with Crippen LogP contribution < -0.4 is 10.2 Å². The third-order valence-corrected chi connectivity index (χ3v) is 3.56. The lowest BCUT2D eigenvalue weighted by molar-refractivity contribution is 0.0481. The van der Waals surface area contributed by atoms with Crippen molar-refractivity contribution in [3.8, 4) is 0 Å². The molecule has 0 spiro atoms. The van der Waals surface area contributed by atoms with E-state index in [4.69, 9.17) is 4.42 Å². The van der Waals surface area contributed by atoms with Crippen LogP contribution in [0.2, 0.25) is 0 Å². The van der Waals surface area contributed by atoms with Gasteiger partial charge in [-0.25, -0.2) is 0 Å². The van der Waals surface area contributed by atoms with Gasteiger partial charge in [0.25, 0.3) is 0 Å². The van der Waals surface area contributed by atoms with Crippen LogP contribution >= 0.6 is 0 Å². The number of rotatable bonds is 3. The third kappa shape index (κ3) is 4.45. The number of hydrogen-bond donors (Lipinski definition) is 2. The van der Waals surface area contributed by atoms with Crippen molar-refractivity contribution in [3.63, 3.8) is 0 Å². The van der Waals surface area contributed by atoms with Gasteiger partial charge in [-0.05, 0) is 47.0 Å². The topological polar surface area (TPSA) is 74.4 Å². The Morgan fingerprint density at radius 1 is 1.30 bits per heavy atom. The molecule has 20 heavy (non-hydrogen) atoms. The first-order valence-electron chi connectivity index (χ1n) is 7.30. The summed E-state index contributed by atoms with van der Waals surface area (Å²) in [7, 11) is 0. The molecule has 0 saturated carbocycles. The molecule has 6 heteroatoms. The summed E-state index contributed by atoms with van der Waals surface area (Å²) in [5.74, 6) is 0.603. The largest absolute Gasteiger partial charge is 0.407 e. The van der Waals surface area contributed by atoms with E-state index >= 15 is 0 Å². The summed E-state index contributed by atoms with van der Waals surface area (Å²) < 4.78 is 5.70. The van der Waals surface area contributed by atoms with Crippen LogP contribution in [0.1, 0.15) is 52.8 Å². The van der Waals surface area contributed by atoms with E-state index in [9.17, 15) is 5.11 Å². The van der Waals surface area contributed by atoms with Crippen molar-refractivity contribution in [2.45, 2.75) is 64.6 Å². The summed E-state index contributed by atoms with van der Waals surface area (Å²) in [6, 6.07) is 0.563. The SMILES string of the molecule is CC1(O)CCCN(c2nnc(CNC(C)(C)C)o2)CC1. The van der Waals surface area contributed by atoms with Crippen LogP contribution in [0.25, 0.3) is 0 Å². The van der Waals surface area contributed by atoms with Crippen LogP contribution in [-0.2, 0) is 6.54 Å². The number of aromatic nitrogens is 2. The second-order valence-electron chi connectivity index (χ2n) is 6.92. The molecular weight excluding hydrogens is 256 g/mol. The smallest absolute Gasteiger partial charge is 0.318 e. The van der Waals surface area contributed by atoms with Crippen molar-refractivity contribution in [1.29, 1.82) is 0 Å². The molecule has 2 rings (SSSR count). The lowest BCUT2D eigenvalue weighted by Crippen LogP contribution is -2.35. The van der Waals surface area contributed by atoms with Crippen molar-refractivity contribution in [3.05, 3.63) is 5.89 Å². The van der Waals surface area contributed by atoms with E-state index in [0.29, 0.717) is 18.5 Å². The lowest BCUT2D eigenvalue weighted by atomic mass is 9.98. The average molecular weight is 282 g/mol. The Morgan fingerprint density at radius 2 is 2.05 bits per heavy atom. The molecule has 1 aromatic rings. The van der Waals surface area contributed by atoms with Gasteiger partial charge in [0.15, 0.2) is 0 Å². The number of hydrogen-bond acceptors (Lipinski definition) is 6. The van der Waals surface area contributed by atoms with Crippen LogP contribution in [0.15, 0.2) is 4.42 Å². The average Bonchev–Trinajstić information content (AvgIpc) is 2.71. The summed E-state index contributed by atoms with van der Waals surface area (Å²) in [5, 5.41) is 21.6. The van der Waals surface area contributed by atoms with E-state index in [1.165, 1.54) is 0 Å². The predicted molar refractivity (Wildman–Crippen MR) is 77.6 cm³/mol. The molecule has 0 amide bonds. The van der Waals surface area contributed by atoms with E-state index in [1.807, 2.05) is 6.92 Å². The molecule has 0 radical (unpaired) electrons. The Hall–Kier alpha value is -1.14. The molecule has 0 aliphatic carbocycles. The molecule has 114 valence electrons. The molecular formula is C14H26N4O2. The molecule has 1 aliphatic rings. The molecule has 2 N–H and O–H groups in total. The molecule has 6 nitrogen and oxygen atoms in total. The number of nitrogens with one attached hydrogen (secondary N) is 1.